The summed E-state index contributed by atoms with van der Waals surface area (Å²) in [7, 11) is 0. The quantitative estimate of drug-likeness (QED) is 0.814. The Morgan fingerprint density at radius 2 is 1.71 bits per heavy atom. The molecule has 0 spiro atoms. The molecule has 3 rings (SSSR count). The van der Waals surface area contributed by atoms with Gasteiger partial charge in [0, 0.05) is 5.02 Å². The van der Waals surface area contributed by atoms with E-state index in [1.165, 1.54) is 5.56 Å². The summed E-state index contributed by atoms with van der Waals surface area (Å²) in [4.78, 5) is 0. The molecular formula is C15H13ClO. The smallest absolute Gasteiger partial charge is 0.115 e. The van der Waals surface area contributed by atoms with Crippen molar-refractivity contribution < 1.29 is 5.11 Å². The van der Waals surface area contributed by atoms with Crippen molar-refractivity contribution in [3.8, 4) is 0 Å². The number of benzene rings is 2. The molecule has 0 saturated heterocycles. The molecule has 2 aromatic carbocycles. The van der Waals surface area contributed by atoms with E-state index in [0.717, 1.165) is 24.0 Å². The highest BCUT2D eigenvalue weighted by molar-refractivity contribution is 6.30. The lowest BCUT2D eigenvalue weighted by Gasteiger charge is -2.24. The van der Waals surface area contributed by atoms with E-state index in [4.69, 9.17) is 11.6 Å². The van der Waals surface area contributed by atoms with Gasteiger partial charge in [0.05, 0.1) is 0 Å². The maximum Gasteiger partial charge on any atom is 0.115 e. The number of hydrogen-bond donors (Lipinski definition) is 1. The van der Waals surface area contributed by atoms with Gasteiger partial charge in [-0.05, 0) is 41.7 Å². The highest BCUT2D eigenvalue weighted by Crippen LogP contribution is 2.41. The lowest BCUT2D eigenvalue weighted by molar-refractivity contribution is 0.0829. The zero-order valence-corrected chi connectivity index (χ0v) is 10.1. The third-order valence-corrected chi connectivity index (χ3v) is 3.79. The van der Waals surface area contributed by atoms with E-state index < -0.39 is 5.60 Å². The van der Waals surface area contributed by atoms with Crippen LogP contribution in [0, 0.1) is 0 Å². The number of hydrogen-bond acceptors (Lipinski definition) is 1. The van der Waals surface area contributed by atoms with Gasteiger partial charge in [-0.25, -0.2) is 0 Å². The van der Waals surface area contributed by atoms with Crippen LogP contribution in [-0.2, 0) is 12.0 Å². The number of aliphatic hydroxyl groups is 1. The average molecular weight is 245 g/mol. The summed E-state index contributed by atoms with van der Waals surface area (Å²) in [6, 6.07) is 15.6. The van der Waals surface area contributed by atoms with E-state index in [1.807, 2.05) is 42.5 Å². The minimum Gasteiger partial charge on any atom is -0.380 e. The fraction of sp³-hybridized carbons (Fsp3) is 0.200. The second-order valence-corrected chi connectivity index (χ2v) is 4.96. The summed E-state index contributed by atoms with van der Waals surface area (Å²) in [5.41, 5.74) is 2.35. The lowest BCUT2D eigenvalue weighted by Crippen LogP contribution is -2.23. The van der Waals surface area contributed by atoms with Crippen LogP contribution < -0.4 is 0 Å². The highest BCUT2D eigenvalue weighted by Gasteiger charge is 2.37. The van der Waals surface area contributed by atoms with Crippen LogP contribution in [-0.4, -0.2) is 5.11 Å². The predicted octanol–water partition coefficient (Wildman–Crippen LogP) is 3.52. The van der Waals surface area contributed by atoms with Crippen molar-refractivity contribution in [2.24, 2.45) is 0 Å². The molecule has 0 fully saturated rings. The average Bonchev–Trinajstić information content (AvgIpc) is 2.70. The monoisotopic (exact) mass is 244 g/mol. The number of fused-ring (bicyclic) bond motifs is 1. The summed E-state index contributed by atoms with van der Waals surface area (Å²) in [6.07, 6.45) is 1.67. The fourth-order valence-corrected chi connectivity index (χ4v) is 2.74. The fourth-order valence-electron chi connectivity index (χ4n) is 2.62. The van der Waals surface area contributed by atoms with E-state index in [-0.39, 0.29) is 0 Å². The van der Waals surface area contributed by atoms with Crippen molar-refractivity contribution in [1.29, 1.82) is 0 Å². The Kier molecular flexibility index (Phi) is 2.46. The molecule has 0 unspecified atom stereocenters. The van der Waals surface area contributed by atoms with E-state index in [2.05, 4.69) is 6.07 Å². The summed E-state index contributed by atoms with van der Waals surface area (Å²) >= 11 is 5.88. The van der Waals surface area contributed by atoms with Crippen LogP contribution >= 0.6 is 11.6 Å². The molecule has 0 saturated carbocycles. The Balaban J connectivity index is 2.12. The van der Waals surface area contributed by atoms with Gasteiger partial charge in [0.1, 0.15) is 5.60 Å². The van der Waals surface area contributed by atoms with Crippen molar-refractivity contribution in [1.82, 2.24) is 0 Å². The molecule has 17 heavy (non-hydrogen) atoms. The molecule has 0 amide bonds. The van der Waals surface area contributed by atoms with Crippen LogP contribution in [0.5, 0.6) is 0 Å². The first-order valence-corrected chi connectivity index (χ1v) is 6.15. The highest BCUT2D eigenvalue weighted by atomic mass is 35.5. The van der Waals surface area contributed by atoms with Crippen LogP contribution in [0.25, 0.3) is 0 Å². The molecular weight excluding hydrogens is 232 g/mol. The maximum absolute atomic E-state index is 10.9. The molecule has 86 valence electrons. The van der Waals surface area contributed by atoms with E-state index in [9.17, 15) is 5.11 Å². The Labute approximate surface area is 106 Å². The summed E-state index contributed by atoms with van der Waals surface area (Å²) in [5.74, 6) is 0. The molecule has 0 aromatic heterocycles. The molecule has 2 aromatic rings. The van der Waals surface area contributed by atoms with E-state index >= 15 is 0 Å². The first kappa shape index (κ1) is 10.8. The summed E-state index contributed by atoms with van der Waals surface area (Å²) in [5, 5.41) is 11.6. The van der Waals surface area contributed by atoms with Gasteiger partial charge in [-0.15, -0.1) is 0 Å². The van der Waals surface area contributed by atoms with Gasteiger partial charge < -0.3 is 5.11 Å². The van der Waals surface area contributed by atoms with Gasteiger partial charge in [0.2, 0.25) is 0 Å². The van der Waals surface area contributed by atoms with Crippen molar-refractivity contribution in [2.75, 3.05) is 0 Å². The molecule has 0 radical (unpaired) electrons. The van der Waals surface area contributed by atoms with Crippen molar-refractivity contribution >= 4 is 11.6 Å². The summed E-state index contributed by atoms with van der Waals surface area (Å²) in [6.45, 7) is 0. The Hall–Kier alpha value is -1.31. The molecule has 0 aliphatic heterocycles. The van der Waals surface area contributed by atoms with Crippen LogP contribution in [0.1, 0.15) is 23.1 Å². The van der Waals surface area contributed by atoms with Gasteiger partial charge in [-0.2, -0.15) is 0 Å². The van der Waals surface area contributed by atoms with Crippen LogP contribution in [0.2, 0.25) is 5.02 Å². The van der Waals surface area contributed by atoms with Crippen LogP contribution in [0.3, 0.4) is 0 Å². The van der Waals surface area contributed by atoms with Gasteiger partial charge in [-0.3, -0.25) is 0 Å². The number of halogens is 1. The molecule has 1 atom stereocenters. The number of aryl methyl sites for hydroxylation is 1. The van der Waals surface area contributed by atoms with Crippen molar-refractivity contribution in [3.63, 3.8) is 0 Å². The normalized spacial score (nSPS) is 22.5. The Bertz CT molecular complexity index is 547. The molecule has 1 aliphatic carbocycles. The zero-order valence-electron chi connectivity index (χ0n) is 9.36. The third kappa shape index (κ3) is 1.67. The standard InChI is InChI=1S/C15H13ClO/c16-13-7-5-12(6-8-13)15(17)10-9-11-3-1-2-4-14(11)15/h1-8,17H,9-10H2/t15-/m1/s1. The van der Waals surface area contributed by atoms with Gasteiger partial charge in [-0.1, -0.05) is 48.0 Å². The van der Waals surface area contributed by atoms with E-state index in [0.29, 0.717) is 5.02 Å². The van der Waals surface area contributed by atoms with Crippen molar-refractivity contribution in [2.45, 2.75) is 18.4 Å². The minimum absolute atomic E-state index is 0.698. The van der Waals surface area contributed by atoms with Crippen LogP contribution in [0.15, 0.2) is 48.5 Å². The molecule has 1 nitrogen and oxygen atoms in total. The third-order valence-electron chi connectivity index (χ3n) is 3.54. The van der Waals surface area contributed by atoms with Gasteiger partial charge in [0.15, 0.2) is 0 Å². The van der Waals surface area contributed by atoms with E-state index in [1.54, 1.807) is 0 Å². The second kappa shape index (κ2) is 3.86. The second-order valence-electron chi connectivity index (χ2n) is 4.52. The minimum atomic E-state index is -0.846. The molecule has 1 N–H and O–H groups in total. The maximum atomic E-state index is 10.9. The first-order valence-electron chi connectivity index (χ1n) is 5.77. The SMILES string of the molecule is O[C@@]1(c2ccc(Cl)cc2)CCc2ccccc21. The molecule has 0 heterocycles. The number of rotatable bonds is 1. The lowest BCUT2D eigenvalue weighted by atomic mass is 9.88. The van der Waals surface area contributed by atoms with Crippen LogP contribution in [0.4, 0.5) is 0 Å². The van der Waals surface area contributed by atoms with Gasteiger partial charge >= 0.3 is 0 Å². The predicted molar refractivity (Wildman–Crippen MR) is 69.2 cm³/mol. The molecule has 2 heteroatoms. The Morgan fingerprint density at radius 3 is 2.47 bits per heavy atom. The largest absolute Gasteiger partial charge is 0.380 e. The summed E-state index contributed by atoms with van der Waals surface area (Å²) < 4.78 is 0. The first-order chi connectivity index (χ1) is 8.20. The van der Waals surface area contributed by atoms with Crippen molar-refractivity contribution in [3.05, 3.63) is 70.2 Å². The van der Waals surface area contributed by atoms with Gasteiger partial charge in [0.25, 0.3) is 0 Å². The zero-order chi connectivity index (χ0) is 11.9. The molecule has 0 bridgehead atoms. The molecule has 1 aliphatic rings. The topological polar surface area (TPSA) is 20.2 Å². The Morgan fingerprint density at radius 1 is 1.00 bits per heavy atom.